The van der Waals surface area contributed by atoms with Crippen molar-refractivity contribution in [3.8, 4) is 5.75 Å². The number of primary amides is 1. The first-order valence-corrected chi connectivity index (χ1v) is 23.1. The Bertz CT molecular complexity index is 1830. The lowest BCUT2D eigenvalue weighted by Gasteiger charge is -2.30. The molecule has 1 aliphatic rings. The van der Waals surface area contributed by atoms with Crippen molar-refractivity contribution in [2.45, 2.75) is 179 Å². The number of ether oxygens (including phenoxy) is 1. The number of unbranched alkanes of at least 4 members (excludes halogenated alkanes) is 9. The SMILES string of the molecule is CC1NC(=O)C(CC(N)=O)NC(=O)C(C(C)O)NC(=O)C(Cc2ccc(O)cc2)NC(=O)C(C(C)C)NC(=O)C(NC(=O)CC(O)CCCCCCCCCCCCN=C(N)N)C(C)OC1=O. The Balaban J connectivity index is 2.31. The molecular weight excluding hydrogens is 873 g/mol. The van der Waals surface area contributed by atoms with Crippen molar-refractivity contribution in [1.29, 1.82) is 0 Å². The van der Waals surface area contributed by atoms with Crippen molar-refractivity contribution in [1.82, 2.24) is 31.9 Å². The first-order valence-electron chi connectivity index (χ1n) is 23.1. The number of carbonyl (C=O) groups excluding carboxylic acids is 8. The summed E-state index contributed by atoms with van der Waals surface area (Å²) in [4.78, 5) is 112. The van der Waals surface area contributed by atoms with Crippen molar-refractivity contribution in [3.05, 3.63) is 29.8 Å². The molecular formula is C45H74N10O12. The number of cyclic esters (lactones) is 1. The zero-order valence-electron chi connectivity index (χ0n) is 39.4. The molecule has 1 aromatic rings. The van der Waals surface area contributed by atoms with E-state index in [1.165, 1.54) is 45.0 Å². The number of phenols is 1. The van der Waals surface area contributed by atoms with Crippen molar-refractivity contribution in [3.63, 3.8) is 0 Å². The Kier molecular flexibility index (Phi) is 25.2. The van der Waals surface area contributed by atoms with Gasteiger partial charge in [0.2, 0.25) is 41.4 Å². The molecule has 0 aliphatic carbocycles. The number of aliphatic hydroxyl groups is 2. The molecule has 0 aromatic heterocycles. The van der Waals surface area contributed by atoms with Gasteiger partial charge in [0.1, 0.15) is 48.1 Å². The molecule has 9 unspecified atom stereocenters. The fourth-order valence-electron chi connectivity index (χ4n) is 7.23. The molecule has 0 radical (unpaired) electrons. The average molecular weight is 947 g/mol. The number of nitrogens with zero attached hydrogens (tertiary/aromatic N) is 1. The topological polar surface area (TPSA) is 369 Å². The number of aromatic hydroxyl groups is 1. The third-order valence-corrected chi connectivity index (χ3v) is 11.1. The van der Waals surface area contributed by atoms with E-state index in [0.29, 0.717) is 24.9 Å². The van der Waals surface area contributed by atoms with Crippen LogP contribution in [-0.2, 0) is 49.5 Å². The van der Waals surface area contributed by atoms with E-state index in [2.05, 4.69) is 36.9 Å². The highest BCUT2D eigenvalue weighted by Gasteiger charge is 2.38. The maximum atomic E-state index is 14.1. The predicted octanol–water partition coefficient (Wildman–Crippen LogP) is -0.964. The fraction of sp³-hybridized carbons (Fsp3) is 0.667. The summed E-state index contributed by atoms with van der Waals surface area (Å²) in [5.41, 5.74) is 16.5. The Hall–Kier alpha value is -6.03. The summed E-state index contributed by atoms with van der Waals surface area (Å²) in [5, 5.41) is 45.9. The monoisotopic (exact) mass is 947 g/mol. The molecule has 22 heteroatoms. The summed E-state index contributed by atoms with van der Waals surface area (Å²) in [6.07, 6.45) is 4.77. The molecule has 1 fully saturated rings. The molecule has 15 N–H and O–H groups in total. The standard InChI is InChI=1S/C45H74N10O12/c1-25(2)36-41(63)51-32(22-29-17-19-30(57)20-18-29)40(62)55-37(27(4)56)42(64)52-33(24-34(46)59)39(61)50-26(3)44(66)67-28(5)38(43(65)54-36)53-35(60)23-31(58)16-14-12-10-8-6-7-9-11-13-15-21-49-45(47)48/h17-20,25-28,31-33,36-38,56-58H,6-16,21-24H2,1-5H3,(H2,46,59)(H,50,61)(H,51,63)(H,52,64)(H,53,60)(H,54,65)(H,55,62)(H4,47,48,49). The predicted molar refractivity (Wildman–Crippen MR) is 247 cm³/mol. The van der Waals surface area contributed by atoms with Gasteiger partial charge in [-0.05, 0) is 57.2 Å². The smallest absolute Gasteiger partial charge is 0.328 e. The minimum Gasteiger partial charge on any atom is -0.508 e. The van der Waals surface area contributed by atoms with E-state index in [-0.39, 0.29) is 18.1 Å². The fourth-order valence-corrected chi connectivity index (χ4v) is 7.23. The number of nitrogens with one attached hydrogen (secondary N) is 6. The van der Waals surface area contributed by atoms with Crippen molar-refractivity contribution < 1.29 is 58.4 Å². The highest BCUT2D eigenvalue weighted by atomic mass is 16.5. The minimum absolute atomic E-state index is 0.0796. The Morgan fingerprint density at radius 1 is 0.701 bits per heavy atom. The number of hydrogen-bond acceptors (Lipinski definition) is 13. The third-order valence-electron chi connectivity index (χ3n) is 11.1. The Morgan fingerprint density at radius 2 is 1.22 bits per heavy atom. The van der Waals surface area contributed by atoms with Crippen LogP contribution in [0.1, 0.15) is 124 Å². The highest BCUT2D eigenvalue weighted by molar-refractivity contribution is 5.98. The lowest BCUT2D eigenvalue weighted by Crippen LogP contribution is -2.62. The first-order chi connectivity index (χ1) is 31.6. The number of aliphatic imine (C=N–C) groups is 1. The maximum Gasteiger partial charge on any atom is 0.328 e. The molecule has 22 nitrogen and oxygen atoms in total. The molecule has 9 atom stereocenters. The van der Waals surface area contributed by atoms with Gasteiger partial charge in [0.15, 0.2) is 5.96 Å². The van der Waals surface area contributed by atoms with Crippen LogP contribution in [0.5, 0.6) is 5.75 Å². The summed E-state index contributed by atoms with van der Waals surface area (Å²) >= 11 is 0. The van der Waals surface area contributed by atoms with Crippen LogP contribution in [0, 0.1) is 5.92 Å². The van der Waals surface area contributed by atoms with E-state index in [0.717, 1.165) is 57.8 Å². The Morgan fingerprint density at radius 3 is 1.78 bits per heavy atom. The first kappa shape index (κ1) is 57.1. The number of carbonyl (C=O) groups is 8. The molecule has 67 heavy (non-hydrogen) atoms. The number of benzene rings is 1. The summed E-state index contributed by atoms with van der Waals surface area (Å²) in [6, 6.07) is -3.77. The van der Waals surface area contributed by atoms with Crippen LogP contribution >= 0.6 is 0 Å². The number of guanidine groups is 1. The van der Waals surface area contributed by atoms with Gasteiger partial charge in [-0.2, -0.15) is 0 Å². The van der Waals surface area contributed by atoms with Gasteiger partial charge in [0.05, 0.1) is 25.0 Å². The number of hydrogen-bond donors (Lipinski definition) is 12. The van der Waals surface area contributed by atoms with Crippen LogP contribution in [0.25, 0.3) is 0 Å². The number of nitrogens with two attached hydrogens (primary N) is 3. The molecule has 376 valence electrons. The second-order valence-electron chi connectivity index (χ2n) is 17.5. The second kappa shape index (κ2) is 29.6. The average Bonchev–Trinajstić information content (AvgIpc) is 3.24. The Labute approximate surface area is 392 Å². The van der Waals surface area contributed by atoms with Gasteiger partial charge in [-0.25, -0.2) is 4.79 Å². The zero-order valence-corrected chi connectivity index (χ0v) is 39.4. The van der Waals surface area contributed by atoms with Crippen LogP contribution in [0.15, 0.2) is 29.3 Å². The van der Waals surface area contributed by atoms with Crippen LogP contribution in [-0.4, -0.2) is 130 Å². The van der Waals surface area contributed by atoms with Gasteiger partial charge in [-0.3, -0.25) is 38.6 Å². The summed E-state index contributed by atoms with van der Waals surface area (Å²) in [6.45, 7) is 7.52. The second-order valence-corrected chi connectivity index (χ2v) is 17.5. The largest absolute Gasteiger partial charge is 0.508 e. The summed E-state index contributed by atoms with van der Waals surface area (Å²) in [5.74, 6) is -8.52. The summed E-state index contributed by atoms with van der Waals surface area (Å²) in [7, 11) is 0. The van der Waals surface area contributed by atoms with E-state index in [1.54, 1.807) is 13.8 Å². The van der Waals surface area contributed by atoms with E-state index < -0.39 is 121 Å². The molecule has 1 saturated heterocycles. The van der Waals surface area contributed by atoms with Gasteiger partial charge in [-0.1, -0.05) is 83.8 Å². The lowest BCUT2D eigenvalue weighted by atomic mass is 9.99. The van der Waals surface area contributed by atoms with E-state index in [1.807, 2.05) is 0 Å². The van der Waals surface area contributed by atoms with E-state index in [9.17, 15) is 53.7 Å². The third kappa shape index (κ3) is 21.9. The zero-order chi connectivity index (χ0) is 50.2. The molecule has 2 rings (SSSR count). The number of aliphatic hydroxyl groups excluding tert-OH is 2. The van der Waals surface area contributed by atoms with Crippen molar-refractivity contribution in [2.75, 3.05) is 6.54 Å². The van der Waals surface area contributed by atoms with Crippen LogP contribution in [0.2, 0.25) is 0 Å². The minimum atomic E-state index is -1.75. The van der Waals surface area contributed by atoms with Crippen LogP contribution < -0.4 is 49.1 Å². The lowest BCUT2D eigenvalue weighted by molar-refractivity contribution is -0.155. The number of rotatable bonds is 22. The van der Waals surface area contributed by atoms with Crippen molar-refractivity contribution >= 4 is 53.3 Å². The quantitative estimate of drug-likeness (QED) is 0.0288. The van der Waals surface area contributed by atoms with Crippen LogP contribution in [0.3, 0.4) is 0 Å². The van der Waals surface area contributed by atoms with Gasteiger partial charge in [-0.15, -0.1) is 0 Å². The molecule has 0 bridgehead atoms. The number of esters is 1. The van der Waals surface area contributed by atoms with E-state index >= 15 is 0 Å². The summed E-state index contributed by atoms with van der Waals surface area (Å²) < 4.78 is 5.55. The van der Waals surface area contributed by atoms with Gasteiger partial charge < -0.3 is 69.2 Å². The molecule has 0 saturated carbocycles. The van der Waals surface area contributed by atoms with Crippen LogP contribution in [0.4, 0.5) is 0 Å². The van der Waals surface area contributed by atoms with Crippen molar-refractivity contribution in [2.24, 2.45) is 28.1 Å². The molecule has 1 aliphatic heterocycles. The van der Waals surface area contributed by atoms with Gasteiger partial charge in [0.25, 0.3) is 0 Å². The normalized spacial score (nSPS) is 23.4. The molecule has 0 spiro atoms. The molecule has 1 heterocycles. The van der Waals surface area contributed by atoms with E-state index in [4.69, 9.17) is 21.9 Å². The number of phenolic OH excluding ortho intramolecular Hbond substituents is 1. The van der Waals surface area contributed by atoms with Gasteiger partial charge >= 0.3 is 5.97 Å². The molecule has 7 amide bonds. The highest BCUT2D eigenvalue weighted by Crippen LogP contribution is 2.16. The number of amides is 7. The maximum absolute atomic E-state index is 14.1. The van der Waals surface area contributed by atoms with Gasteiger partial charge in [0, 0.05) is 13.0 Å². The molecule has 1 aromatic carbocycles.